The molecule has 0 unspecified atom stereocenters. The maximum atomic E-state index is 11.3. The van der Waals surface area contributed by atoms with Gasteiger partial charge in [0.2, 0.25) is 5.91 Å². The molecule has 0 atom stereocenters. The minimum Gasteiger partial charge on any atom is -0.377 e. The maximum absolute atomic E-state index is 11.3. The van der Waals surface area contributed by atoms with Crippen LogP contribution in [0.4, 0.5) is 11.4 Å². The largest absolute Gasteiger partial charge is 0.377 e. The van der Waals surface area contributed by atoms with E-state index in [0.717, 1.165) is 18.4 Å². The molecule has 1 heterocycles. The number of nitrogens with one attached hydrogen (secondary N) is 1. The van der Waals surface area contributed by atoms with E-state index in [9.17, 15) is 14.9 Å². The molecule has 1 aliphatic heterocycles. The van der Waals surface area contributed by atoms with Gasteiger partial charge in [-0.1, -0.05) is 6.07 Å². The summed E-state index contributed by atoms with van der Waals surface area (Å²) in [6.07, 6.45) is 1.62. The van der Waals surface area contributed by atoms with E-state index in [1.54, 1.807) is 19.1 Å². The first-order chi connectivity index (χ1) is 9.47. The number of likely N-dealkylation sites (tertiary alicyclic amines) is 1. The van der Waals surface area contributed by atoms with Gasteiger partial charge in [-0.05, 0) is 31.4 Å². The van der Waals surface area contributed by atoms with Crippen LogP contribution in [0.2, 0.25) is 0 Å². The molecule has 0 bridgehead atoms. The van der Waals surface area contributed by atoms with Crippen LogP contribution in [-0.4, -0.2) is 34.9 Å². The predicted octanol–water partition coefficient (Wildman–Crippen LogP) is 2.33. The Kier molecular flexibility index (Phi) is 4.22. The number of carbonyl (C=O) groups excluding carboxylic acids is 1. The Balaban J connectivity index is 2.04. The molecule has 20 heavy (non-hydrogen) atoms. The van der Waals surface area contributed by atoms with Gasteiger partial charge in [-0.25, -0.2) is 0 Å². The monoisotopic (exact) mass is 277 g/mol. The molecule has 1 fully saturated rings. The van der Waals surface area contributed by atoms with Crippen LogP contribution in [0.1, 0.15) is 25.3 Å². The van der Waals surface area contributed by atoms with E-state index in [1.807, 2.05) is 17.9 Å². The molecule has 0 radical (unpaired) electrons. The van der Waals surface area contributed by atoms with Crippen molar-refractivity contribution in [2.24, 2.45) is 0 Å². The summed E-state index contributed by atoms with van der Waals surface area (Å²) in [6.45, 7) is 4.81. The Morgan fingerprint density at radius 2 is 2.05 bits per heavy atom. The van der Waals surface area contributed by atoms with E-state index in [0.29, 0.717) is 18.8 Å². The highest BCUT2D eigenvalue weighted by Gasteiger charge is 2.23. The number of benzene rings is 1. The van der Waals surface area contributed by atoms with E-state index in [2.05, 4.69) is 5.32 Å². The average molecular weight is 277 g/mol. The molecule has 0 spiro atoms. The first-order valence-corrected chi connectivity index (χ1v) is 6.74. The van der Waals surface area contributed by atoms with Crippen molar-refractivity contribution in [1.29, 1.82) is 0 Å². The summed E-state index contributed by atoms with van der Waals surface area (Å²) in [6, 6.07) is 5.37. The number of rotatable bonds is 3. The summed E-state index contributed by atoms with van der Waals surface area (Å²) in [7, 11) is 0. The van der Waals surface area contributed by atoms with E-state index in [1.165, 1.54) is 0 Å². The van der Waals surface area contributed by atoms with Crippen LogP contribution in [0.5, 0.6) is 0 Å². The Hall–Kier alpha value is -2.11. The number of aryl methyl sites for hydroxylation is 1. The van der Waals surface area contributed by atoms with Crippen LogP contribution in [0.15, 0.2) is 18.2 Å². The number of piperidine rings is 1. The Bertz CT molecular complexity index is 522. The smallest absolute Gasteiger partial charge is 0.292 e. The highest BCUT2D eigenvalue weighted by molar-refractivity contribution is 5.73. The Morgan fingerprint density at radius 3 is 2.60 bits per heavy atom. The lowest BCUT2D eigenvalue weighted by atomic mass is 10.0. The minimum absolute atomic E-state index is 0.0877. The summed E-state index contributed by atoms with van der Waals surface area (Å²) in [5, 5.41) is 14.3. The molecule has 1 N–H and O–H groups in total. The molecule has 1 aromatic rings. The van der Waals surface area contributed by atoms with E-state index >= 15 is 0 Å². The number of nitro groups is 1. The van der Waals surface area contributed by atoms with Crippen molar-refractivity contribution in [3.05, 3.63) is 33.9 Å². The number of hydrogen-bond donors (Lipinski definition) is 1. The predicted molar refractivity (Wildman–Crippen MR) is 76.7 cm³/mol. The number of carbonyl (C=O) groups is 1. The third kappa shape index (κ3) is 3.26. The molecule has 1 aromatic carbocycles. The normalized spacial score (nSPS) is 16.0. The fourth-order valence-corrected chi connectivity index (χ4v) is 2.47. The van der Waals surface area contributed by atoms with E-state index in [-0.39, 0.29) is 22.6 Å². The first kappa shape index (κ1) is 14.3. The zero-order chi connectivity index (χ0) is 14.7. The number of hydrogen-bond acceptors (Lipinski definition) is 4. The number of nitro benzene ring substituents is 1. The topological polar surface area (TPSA) is 75.5 Å². The van der Waals surface area contributed by atoms with Crippen molar-refractivity contribution in [3.63, 3.8) is 0 Å². The molecular formula is C14H19N3O3. The SMILES string of the molecule is CC(=O)N1CCC(Nc2ccc(C)cc2[N+](=O)[O-])CC1. The van der Waals surface area contributed by atoms with Gasteiger partial charge in [-0.15, -0.1) is 0 Å². The van der Waals surface area contributed by atoms with Crippen molar-refractivity contribution in [3.8, 4) is 0 Å². The van der Waals surface area contributed by atoms with Crippen LogP contribution in [-0.2, 0) is 4.79 Å². The molecular weight excluding hydrogens is 258 g/mol. The molecule has 0 aromatic heterocycles. The van der Waals surface area contributed by atoms with Crippen LogP contribution in [0, 0.1) is 17.0 Å². The van der Waals surface area contributed by atoms with Crippen LogP contribution in [0.3, 0.4) is 0 Å². The zero-order valence-electron chi connectivity index (χ0n) is 11.8. The molecule has 108 valence electrons. The van der Waals surface area contributed by atoms with E-state index < -0.39 is 0 Å². The fraction of sp³-hybridized carbons (Fsp3) is 0.500. The maximum Gasteiger partial charge on any atom is 0.292 e. The lowest BCUT2D eigenvalue weighted by Crippen LogP contribution is -2.41. The van der Waals surface area contributed by atoms with Crippen molar-refractivity contribution in [2.45, 2.75) is 32.7 Å². The molecule has 0 saturated carbocycles. The van der Waals surface area contributed by atoms with E-state index in [4.69, 9.17) is 0 Å². The second kappa shape index (κ2) is 5.90. The van der Waals surface area contributed by atoms with Gasteiger partial charge in [0.1, 0.15) is 5.69 Å². The Labute approximate surface area is 117 Å². The summed E-state index contributed by atoms with van der Waals surface area (Å²) in [5.74, 6) is 0.0877. The second-order valence-electron chi connectivity index (χ2n) is 5.20. The van der Waals surface area contributed by atoms with Crippen molar-refractivity contribution in [2.75, 3.05) is 18.4 Å². The third-order valence-electron chi connectivity index (χ3n) is 3.65. The van der Waals surface area contributed by atoms with Crippen LogP contribution in [0.25, 0.3) is 0 Å². The molecule has 2 rings (SSSR count). The van der Waals surface area contributed by atoms with Gasteiger partial charge < -0.3 is 10.2 Å². The fourth-order valence-electron chi connectivity index (χ4n) is 2.47. The van der Waals surface area contributed by atoms with Crippen molar-refractivity contribution >= 4 is 17.3 Å². The molecule has 1 aliphatic rings. The number of amides is 1. The Morgan fingerprint density at radius 1 is 1.40 bits per heavy atom. The lowest BCUT2D eigenvalue weighted by Gasteiger charge is -2.32. The standard InChI is InChI=1S/C14H19N3O3/c1-10-3-4-13(14(9-10)17(19)20)15-12-5-7-16(8-6-12)11(2)18/h3-4,9,12,15H,5-8H2,1-2H3. The third-order valence-corrected chi connectivity index (χ3v) is 3.65. The van der Waals surface area contributed by atoms with Crippen molar-refractivity contribution < 1.29 is 9.72 Å². The minimum atomic E-state index is -0.361. The number of anilines is 1. The van der Waals surface area contributed by atoms with Gasteiger partial charge in [0, 0.05) is 32.1 Å². The summed E-state index contributed by atoms with van der Waals surface area (Å²) < 4.78 is 0. The van der Waals surface area contributed by atoms with Crippen LogP contribution >= 0.6 is 0 Å². The summed E-state index contributed by atoms with van der Waals surface area (Å²) >= 11 is 0. The number of nitrogens with zero attached hydrogens (tertiary/aromatic N) is 2. The lowest BCUT2D eigenvalue weighted by molar-refractivity contribution is -0.384. The first-order valence-electron chi connectivity index (χ1n) is 6.74. The van der Waals surface area contributed by atoms with Gasteiger partial charge in [-0.2, -0.15) is 0 Å². The molecule has 6 heteroatoms. The van der Waals surface area contributed by atoms with Gasteiger partial charge in [0.05, 0.1) is 4.92 Å². The molecule has 1 amide bonds. The molecule has 0 aliphatic carbocycles. The summed E-state index contributed by atoms with van der Waals surface area (Å²) in [5.41, 5.74) is 1.54. The summed E-state index contributed by atoms with van der Waals surface area (Å²) in [4.78, 5) is 23.8. The van der Waals surface area contributed by atoms with Crippen LogP contribution < -0.4 is 5.32 Å². The highest BCUT2D eigenvalue weighted by atomic mass is 16.6. The zero-order valence-corrected chi connectivity index (χ0v) is 11.8. The highest BCUT2D eigenvalue weighted by Crippen LogP contribution is 2.27. The average Bonchev–Trinajstić information content (AvgIpc) is 2.41. The van der Waals surface area contributed by atoms with Gasteiger partial charge in [0.25, 0.3) is 5.69 Å². The van der Waals surface area contributed by atoms with Gasteiger partial charge >= 0.3 is 0 Å². The molecule has 6 nitrogen and oxygen atoms in total. The van der Waals surface area contributed by atoms with Crippen molar-refractivity contribution in [1.82, 2.24) is 4.90 Å². The quantitative estimate of drug-likeness (QED) is 0.679. The van der Waals surface area contributed by atoms with Gasteiger partial charge in [-0.3, -0.25) is 14.9 Å². The second-order valence-corrected chi connectivity index (χ2v) is 5.20. The molecule has 1 saturated heterocycles. The van der Waals surface area contributed by atoms with Gasteiger partial charge in [0.15, 0.2) is 0 Å².